The summed E-state index contributed by atoms with van der Waals surface area (Å²) < 4.78 is 13.2. The second-order valence-corrected chi connectivity index (χ2v) is 5.74. The monoisotopic (exact) mass is 279 g/mol. The van der Waals surface area contributed by atoms with E-state index in [1.165, 1.54) is 25.5 Å². The fraction of sp³-hybridized carbons (Fsp3) is 0.625. The number of hydrogen-bond donors (Lipinski definition) is 1. The molecule has 0 radical (unpaired) electrons. The van der Waals surface area contributed by atoms with Crippen LogP contribution in [0, 0.1) is 5.82 Å². The molecule has 1 aromatic carbocycles. The van der Waals surface area contributed by atoms with E-state index in [9.17, 15) is 4.39 Å². The minimum absolute atomic E-state index is 0.204. The number of likely N-dealkylation sites (tertiary alicyclic amines) is 1. The topological polar surface area (TPSA) is 32.5 Å². The summed E-state index contributed by atoms with van der Waals surface area (Å²) in [4.78, 5) is 4.87. The van der Waals surface area contributed by atoms with Gasteiger partial charge in [0.15, 0.2) is 0 Å². The van der Waals surface area contributed by atoms with E-state index < -0.39 is 0 Å². The Kier molecular flexibility index (Phi) is 5.52. The molecular weight excluding hydrogens is 253 g/mol. The molecule has 1 heterocycles. The lowest BCUT2D eigenvalue weighted by Crippen LogP contribution is -2.38. The summed E-state index contributed by atoms with van der Waals surface area (Å²) in [6.07, 6.45) is 2.59. The van der Waals surface area contributed by atoms with Gasteiger partial charge in [-0.1, -0.05) is 13.0 Å². The van der Waals surface area contributed by atoms with Gasteiger partial charge in [0.25, 0.3) is 0 Å². The lowest BCUT2D eigenvalue weighted by atomic mass is 10.1. The quantitative estimate of drug-likeness (QED) is 0.866. The highest BCUT2D eigenvalue weighted by Gasteiger charge is 2.24. The van der Waals surface area contributed by atoms with Crippen LogP contribution >= 0.6 is 0 Å². The van der Waals surface area contributed by atoms with Gasteiger partial charge in [0.2, 0.25) is 0 Å². The number of nitrogens with zero attached hydrogens (tertiary/aromatic N) is 2. The maximum atomic E-state index is 13.2. The minimum Gasteiger partial charge on any atom is -0.326 e. The van der Waals surface area contributed by atoms with Crippen LogP contribution in [-0.4, -0.2) is 42.5 Å². The maximum Gasteiger partial charge on any atom is 0.123 e. The van der Waals surface area contributed by atoms with Crippen LogP contribution in [0.3, 0.4) is 0 Å². The van der Waals surface area contributed by atoms with E-state index in [0.29, 0.717) is 12.6 Å². The normalized spacial score (nSPS) is 19.9. The largest absolute Gasteiger partial charge is 0.326 e. The Morgan fingerprint density at radius 2 is 2.20 bits per heavy atom. The van der Waals surface area contributed by atoms with Gasteiger partial charge in [0.05, 0.1) is 0 Å². The predicted octanol–water partition coefficient (Wildman–Crippen LogP) is 2.20. The Morgan fingerprint density at radius 1 is 1.40 bits per heavy atom. The third-order valence-electron chi connectivity index (χ3n) is 4.26. The average molecular weight is 279 g/mol. The highest BCUT2D eigenvalue weighted by Crippen LogP contribution is 2.19. The molecule has 2 rings (SSSR count). The van der Waals surface area contributed by atoms with Crippen LogP contribution in [0.25, 0.3) is 0 Å². The molecule has 0 amide bonds. The van der Waals surface area contributed by atoms with Crippen molar-refractivity contribution in [3.63, 3.8) is 0 Å². The number of hydrogen-bond acceptors (Lipinski definition) is 3. The van der Waals surface area contributed by atoms with E-state index in [1.807, 2.05) is 6.07 Å². The summed E-state index contributed by atoms with van der Waals surface area (Å²) in [7, 11) is 2.13. The smallest absolute Gasteiger partial charge is 0.123 e. The van der Waals surface area contributed by atoms with Crippen molar-refractivity contribution in [3.8, 4) is 0 Å². The summed E-state index contributed by atoms with van der Waals surface area (Å²) in [6, 6.07) is 5.60. The molecule has 0 saturated carbocycles. The van der Waals surface area contributed by atoms with E-state index in [1.54, 1.807) is 6.07 Å². The molecule has 112 valence electrons. The molecule has 2 N–H and O–H groups in total. The lowest BCUT2D eigenvalue weighted by Gasteiger charge is -2.28. The van der Waals surface area contributed by atoms with Crippen molar-refractivity contribution in [2.45, 2.75) is 38.9 Å². The number of rotatable bonds is 6. The number of benzene rings is 1. The van der Waals surface area contributed by atoms with Crippen LogP contribution < -0.4 is 5.73 Å². The van der Waals surface area contributed by atoms with E-state index in [-0.39, 0.29) is 5.82 Å². The molecule has 4 heteroatoms. The van der Waals surface area contributed by atoms with Crippen LogP contribution in [0.15, 0.2) is 18.2 Å². The van der Waals surface area contributed by atoms with E-state index >= 15 is 0 Å². The van der Waals surface area contributed by atoms with E-state index in [2.05, 4.69) is 23.8 Å². The van der Waals surface area contributed by atoms with Crippen molar-refractivity contribution in [2.24, 2.45) is 5.73 Å². The van der Waals surface area contributed by atoms with Gasteiger partial charge in [-0.3, -0.25) is 4.90 Å². The fourth-order valence-electron chi connectivity index (χ4n) is 3.17. The first kappa shape index (κ1) is 15.4. The number of halogens is 1. The van der Waals surface area contributed by atoms with Gasteiger partial charge in [-0.25, -0.2) is 4.39 Å². The van der Waals surface area contributed by atoms with Crippen LogP contribution in [0.2, 0.25) is 0 Å². The summed E-state index contributed by atoms with van der Waals surface area (Å²) in [5.41, 5.74) is 7.76. The molecular formula is C16H26FN3. The zero-order valence-corrected chi connectivity index (χ0v) is 12.6. The van der Waals surface area contributed by atoms with Gasteiger partial charge in [-0.2, -0.15) is 0 Å². The first-order valence-corrected chi connectivity index (χ1v) is 7.54. The van der Waals surface area contributed by atoms with Gasteiger partial charge in [-0.05, 0) is 56.2 Å². The highest BCUT2D eigenvalue weighted by molar-refractivity contribution is 5.27. The van der Waals surface area contributed by atoms with Crippen molar-refractivity contribution in [2.75, 3.05) is 26.7 Å². The molecule has 20 heavy (non-hydrogen) atoms. The highest BCUT2D eigenvalue weighted by atomic mass is 19.1. The third-order valence-corrected chi connectivity index (χ3v) is 4.26. The summed E-state index contributed by atoms with van der Waals surface area (Å²) in [5.74, 6) is -0.204. The van der Waals surface area contributed by atoms with Gasteiger partial charge < -0.3 is 10.6 Å². The lowest BCUT2D eigenvalue weighted by molar-refractivity contribution is 0.194. The molecule has 1 aromatic rings. The number of nitrogens with two attached hydrogens (primary N) is 1. The maximum absolute atomic E-state index is 13.2. The Hall–Kier alpha value is -0.970. The Labute approximate surface area is 121 Å². The van der Waals surface area contributed by atoms with Crippen LogP contribution in [0.1, 0.15) is 30.9 Å². The van der Waals surface area contributed by atoms with E-state index in [4.69, 9.17) is 5.73 Å². The molecule has 1 aliphatic heterocycles. The second-order valence-electron chi connectivity index (χ2n) is 5.74. The summed E-state index contributed by atoms with van der Waals surface area (Å²) in [6.45, 7) is 6.87. The van der Waals surface area contributed by atoms with Crippen molar-refractivity contribution >= 4 is 0 Å². The molecule has 3 nitrogen and oxygen atoms in total. The Bertz CT molecular complexity index is 436. The average Bonchev–Trinajstić information content (AvgIpc) is 2.87. The fourth-order valence-corrected chi connectivity index (χ4v) is 3.17. The Morgan fingerprint density at radius 3 is 2.90 bits per heavy atom. The molecule has 0 spiro atoms. The molecule has 1 aliphatic rings. The number of likely N-dealkylation sites (N-methyl/N-ethyl adjacent to an activating group) is 2. The molecule has 1 unspecified atom stereocenters. The van der Waals surface area contributed by atoms with E-state index in [0.717, 1.165) is 30.8 Å². The van der Waals surface area contributed by atoms with Crippen molar-refractivity contribution in [1.29, 1.82) is 0 Å². The van der Waals surface area contributed by atoms with Gasteiger partial charge >= 0.3 is 0 Å². The molecule has 0 bridgehead atoms. The SMILES string of the molecule is CCN1CCCC1CN(C)Cc1ccc(F)cc1CN. The van der Waals surface area contributed by atoms with Gasteiger partial charge in [-0.15, -0.1) is 0 Å². The molecule has 1 atom stereocenters. The second kappa shape index (κ2) is 7.16. The van der Waals surface area contributed by atoms with Crippen molar-refractivity contribution in [3.05, 3.63) is 35.1 Å². The summed E-state index contributed by atoms with van der Waals surface area (Å²) >= 11 is 0. The standard InChI is InChI=1S/C16H26FN3/c1-3-20-8-4-5-16(20)12-19(2)11-13-6-7-15(17)9-14(13)10-18/h6-7,9,16H,3-5,8,10-12,18H2,1-2H3. The first-order valence-electron chi connectivity index (χ1n) is 7.54. The molecule has 1 saturated heterocycles. The van der Waals surface area contributed by atoms with Crippen molar-refractivity contribution < 1.29 is 4.39 Å². The van der Waals surface area contributed by atoms with Crippen LogP contribution in [0.5, 0.6) is 0 Å². The molecule has 1 fully saturated rings. The van der Waals surface area contributed by atoms with Gasteiger partial charge in [0.1, 0.15) is 5.82 Å². The summed E-state index contributed by atoms with van der Waals surface area (Å²) in [5, 5.41) is 0. The zero-order valence-electron chi connectivity index (χ0n) is 12.6. The first-order chi connectivity index (χ1) is 9.63. The molecule has 0 aromatic heterocycles. The predicted molar refractivity (Wildman–Crippen MR) is 80.9 cm³/mol. The van der Waals surface area contributed by atoms with Crippen LogP contribution in [0.4, 0.5) is 4.39 Å². The molecule has 0 aliphatic carbocycles. The van der Waals surface area contributed by atoms with Crippen LogP contribution in [-0.2, 0) is 13.1 Å². The Balaban J connectivity index is 1.95. The van der Waals surface area contributed by atoms with Gasteiger partial charge in [0, 0.05) is 25.7 Å². The zero-order chi connectivity index (χ0) is 14.5. The minimum atomic E-state index is -0.204. The third kappa shape index (κ3) is 3.78. The van der Waals surface area contributed by atoms with Crippen molar-refractivity contribution in [1.82, 2.24) is 9.80 Å².